The van der Waals surface area contributed by atoms with Crippen molar-refractivity contribution in [3.05, 3.63) is 58.1 Å². The van der Waals surface area contributed by atoms with Gasteiger partial charge in [0.25, 0.3) is 5.69 Å². The molecule has 92 valence electrons. The molecule has 0 aliphatic rings. The smallest absolute Gasteiger partial charge is 0.272 e. The highest BCUT2D eigenvalue weighted by atomic mass is 32.2. The lowest BCUT2D eigenvalue weighted by molar-refractivity contribution is -0.385. The second-order valence-corrected chi connectivity index (χ2v) is 5.08. The summed E-state index contributed by atoms with van der Waals surface area (Å²) < 4.78 is 0. The van der Waals surface area contributed by atoms with Crippen molar-refractivity contribution >= 4 is 23.1 Å². The molecule has 5 heteroatoms. The van der Waals surface area contributed by atoms with E-state index in [1.165, 1.54) is 23.9 Å². The molecule has 0 radical (unpaired) electrons. The molecule has 0 saturated heterocycles. The molecule has 0 spiro atoms. The van der Waals surface area contributed by atoms with Gasteiger partial charge in [-0.1, -0.05) is 29.5 Å². The predicted molar refractivity (Wildman–Crippen MR) is 72.8 cm³/mol. The van der Waals surface area contributed by atoms with E-state index in [1.807, 2.05) is 31.2 Å². The first kappa shape index (κ1) is 12.4. The van der Waals surface area contributed by atoms with Crippen molar-refractivity contribution in [1.82, 2.24) is 0 Å². The summed E-state index contributed by atoms with van der Waals surface area (Å²) in [6, 6.07) is 12.6. The fourth-order valence-electron chi connectivity index (χ4n) is 1.59. The van der Waals surface area contributed by atoms with Crippen molar-refractivity contribution in [1.29, 1.82) is 0 Å². The van der Waals surface area contributed by atoms with E-state index in [1.54, 1.807) is 6.07 Å². The third-order valence-electron chi connectivity index (χ3n) is 2.35. The van der Waals surface area contributed by atoms with Gasteiger partial charge in [-0.25, -0.2) is 0 Å². The van der Waals surface area contributed by atoms with Crippen molar-refractivity contribution in [2.45, 2.75) is 16.7 Å². The zero-order valence-electron chi connectivity index (χ0n) is 9.79. The van der Waals surface area contributed by atoms with Crippen molar-refractivity contribution in [2.75, 3.05) is 5.73 Å². The molecule has 0 atom stereocenters. The summed E-state index contributed by atoms with van der Waals surface area (Å²) in [6.07, 6.45) is 0. The third-order valence-corrected chi connectivity index (χ3v) is 3.31. The Labute approximate surface area is 109 Å². The van der Waals surface area contributed by atoms with E-state index in [4.69, 9.17) is 5.73 Å². The van der Waals surface area contributed by atoms with Crippen LogP contribution in [0.25, 0.3) is 0 Å². The number of hydrogen-bond donors (Lipinski definition) is 1. The van der Waals surface area contributed by atoms with Crippen LogP contribution in [0, 0.1) is 17.0 Å². The van der Waals surface area contributed by atoms with Crippen molar-refractivity contribution in [3.8, 4) is 0 Å². The lowest BCUT2D eigenvalue weighted by atomic mass is 10.2. The Balaban J connectivity index is 2.31. The minimum Gasteiger partial charge on any atom is -0.398 e. The maximum absolute atomic E-state index is 10.8. The van der Waals surface area contributed by atoms with Gasteiger partial charge in [0.2, 0.25) is 0 Å². The summed E-state index contributed by atoms with van der Waals surface area (Å²) in [4.78, 5) is 12.1. The molecule has 2 N–H and O–H groups in total. The van der Waals surface area contributed by atoms with E-state index in [9.17, 15) is 10.1 Å². The maximum Gasteiger partial charge on any atom is 0.272 e. The van der Waals surface area contributed by atoms with E-state index in [0.29, 0.717) is 5.69 Å². The second-order valence-electron chi connectivity index (χ2n) is 3.94. The average Bonchev–Trinajstić information content (AvgIpc) is 2.28. The Morgan fingerprint density at radius 2 is 1.94 bits per heavy atom. The average molecular weight is 260 g/mol. The van der Waals surface area contributed by atoms with E-state index in [2.05, 4.69) is 0 Å². The summed E-state index contributed by atoms with van der Waals surface area (Å²) in [7, 11) is 0. The SMILES string of the molecule is Cc1cccc(Sc2cc(N)cc([N+](=O)[O-])c2)c1. The van der Waals surface area contributed by atoms with Gasteiger partial charge in [0.05, 0.1) is 4.92 Å². The van der Waals surface area contributed by atoms with Gasteiger partial charge in [0, 0.05) is 27.6 Å². The van der Waals surface area contributed by atoms with Crippen LogP contribution in [0.5, 0.6) is 0 Å². The molecule has 0 fully saturated rings. The number of rotatable bonds is 3. The van der Waals surface area contributed by atoms with Crippen LogP contribution in [0.3, 0.4) is 0 Å². The first-order chi connectivity index (χ1) is 8.54. The lowest BCUT2D eigenvalue weighted by Crippen LogP contribution is -1.92. The number of nitrogen functional groups attached to an aromatic ring is 1. The molecular formula is C13H12N2O2S. The fraction of sp³-hybridized carbons (Fsp3) is 0.0769. The Kier molecular flexibility index (Phi) is 3.53. The van der Waals surface area contributed by atoms with Crippen molar-refractivity contribution in [3.63, 3.8) is 0 Å². The number of benzene rings is 2. The highest BCUT2D eigenvalue weighted by molar-refractivity contribution is 7.99. The minimum atomic E-state index is -0.434. The normalized spacial score (nSPS) is 10.3. The van der Waals surface area contributed by atoms with E-state index < -0.39 is 4.92 Å². The Morgan fingerprint density at radius 1 is 1.17 bits per heavy atom. The van der Waals surface area contributed by atoms with E-state index >= 15 is 0 Å². The molecule has 0 aromatic heterocycles. The molecule has 18 heavy (non-hydrogen) atoms. The molecule has 0 bridgehead atoms. The standard InChI is InChI=1S/C13H12N2O2S/c1-9-3-2-4-12(5-9)18-13-7-10(14)6-11(8-13)15(16)17/h2-8H,14H2,1H3. The highest BCUT2D eigenvalue weighted by Crippen LogP contribution is 2.32. The number of aryl methyl sites for hydroxylation is 1. The summed E-state index contributed by atoms with van der Waals surface area (Å²) in [5.41, 5.74) is 7.24. The fourth-order valence-corrected chi connectivity index (χ4v) is 2.62. The number of nitrogens with two attached hydrogens (primary N) is 1. The zero-order chi connectivity index (χ0) is 13.1. The number of nitro groups is 1. The molecule has 0 saturated carbocycles. The minimum absolute atomic E-state index is 0.0187. The Morgan fingerprint density at radius 3 is 2.61 bits per heavy atom. The van der Waals surface area contributed by atoms with Gasteiger partial charge in [0.1, 0.15) is 0 Å². The van der Waals surface area contributed by atoms with Crippen LogP contribution >= 0.6 is 11.8 Å². The second kappa shape index (κ2) is 5.10. The van der Waals surface area contributed by atoms with Crippen LogP contribution in [0.4, 0.5) is 11.4 Å². The monoisotopic (exact) mass is 260 g/mol. The number of nitrogens with zero attached hydrogens (tertiary/aromatic N) is 1. The van der Waals surface area contributed by atoms with Crippen LogP contribution in [-0.2, 0) is 0 Å². The first-order valence-corrected chi connectivity index (χ1v) is 6.16. The molecule has 2 rings (SSSR count). The van der Waals surface area contributed by atoms with E-state index in [-0.39, 0.29) is 5.69 Å². The molecule has 0 aliphatic heterocycles. The van der Waals surface area contributed by atoms with Gasteiger partial charge in [-0.15, -0.1) is 0 Å². The lowest BCUT2D eigenvalue weighted by Gasteiger charge is -2.04. The maximum atomic E-state index is 10.8. The topological polar surface area (TPSA) is 69.2 Å². The van der Waals surface area contributed by atoms with Gasteiger partial charge < -0.3 is 5.73 Å². The zero-order valence-corrected chi connectivity index (χ0v) is 10.6. The predicted octanol–water partition coefficient (Wildman–Crippen LogP) is 3.64. The number of non-ortho nitro benzene ring substituents is 1. The summed E-state index contributed by atoms with van der Waals surface area (Å²) in [5, 5.41) is 10.8. The molecule has 0 unspecified atom stereocenters. The first-order valence-electron chi connectivity index (χ1n) is 5.34. The van der Waals surface area contributed by atoms with Gasteiger partial charge in [0.15, 0.2) is 0 Å². The van der Waals surface area contributed by atoms with Crippen molar-refractivity contribution < 1.29 is 4.92 Å². The van der Waals surface area contributed by atoms with Crippen LogP contribution in [0.2, 0.25) is 0 Å². The Bertz CT molecular complexity index is 599. The molecule has 2 aromatic rings. The molecular weight excluding hydrogens is 248 g/mol. The number of nitro benzene ring substituents is 1. The van der Waals surface area contributed by atoms with Crippen LogP contribution in [-0.4, -0.2) is 4.92 Å². The van der Waals surface area contributed by atoms with Crippen LogP contribution in [0.15, 0.2) is 52.3 Å². The summed E-state index contributed by atoms with van der Waals surface area (Å²) in [6.45, 7) is 2.01. The van der Waals surface area contributed by atoms with Gasteiger partial charge in [-0.2, -0.15) is 0 Å². The van der Waals surface area contributed by atoms with Crippen molar-refractivity contribution in [2.24, 2.45) is 0 Å². The molecule has 0 amide bonds. The summed E-state index contributed by atoms with van der Waals surface area (Å²) >= 11 is 1.46. The van der Waals surface area contributed by atoms with Gasteiger partial charge in [-0.3, -0.25) is 10.1 Å². The van der Waals surface area contributed by atoms with Crippen LogP contribution < -0.4 is 5.73 Å². The molecule has 0 aliphatic carbocycles. The summed E-state index contributed by atoms with van der Waals surface area (Å²) in [5.74, 6) is 0. The Hall–Kier alpha value is -2.01. The largest absolute Gasteiger partial charge is 0.398 e. The third kappa shape index (κ3) is 3.01. The quantitative estimate of drug-likeness (QED) is 0.519. The number of anilines is 1. The molecule has 2 aromatic carbocycles. The molecule has 0 heterocycles. The highest BCUT2D eigenvalue weighted by Gasteiger charge is 2.09. The van der Waals surface area contributed by atoms with Gasteiger partial charge >= 0.3 is 0 Å². The number of hydrogen-bond acceptors (Lipinski definition) is 4. The van der Waals surface area contributed by atoms with E-state index in [0.717, 1.165) is 15.4 Å². The van der Waals surface area contributed by atoms with Crippen LogP contribution in [0.1, 0.15) is 5.56 Å². The molecule has 4 nitrogen and oxygen atoms in total. The van der Waals surface area contributed by atoms with Gasteiger partial charge in [-0.05, 0) is 25.1 Å².